The topological polar surface area (TPSA) is 88.7 Å². The molecule has 0 aliphatic heterocycles. The van der Waals surface area contributed by atoms with E-state index in [9.17, 15) is 4.79 Å². The molecule has 0 aliphatic rings. The third kappa shape index (κ3) is 6.95. The van der Waals surface area contributed by atoms with Gasteiger partial charge in [-0.2, -0.15) is 0 Å². The van der Waals surface area contributed by atoms with E-state index in [0.717, 1.165) is 11.4 Å². The van der Waals surface area contributed by atoms with Gasteiger partial charge in [0.1, 0.15) is 18.0 Å². The Morgan fingerprint density at radius 2 is 1.76 bits per heavy atom. The van der Waals surface area contributed by atoms with Crippen LogP contribution in [0.2, 0.25) is 0 Å². The summed E-state index contributed by atoms with van der Waals surface area (Å²) in [6.07, 6.45) is 0. The van der Waals surface area contributed by atoms with Gasteiger partial charge in [-0.1, -0.05) is 24.3 Å². The first-order valence-corrected chi connectivity index (χ1v) is 8.03. The Labute approximate surface area is 148 Å². The predicted octanol–water partition coefficient (Wildman–Crippen LogP) is 3.12. The van der Waals surface area contributed by atoms with Gasteiger partial charge in [0.05, 0.1) is 0 Å². The van der Waals surface area contributed by atoms with Crippen molar-refractivity contribution in [2.45, 2.75) is 26.3 Å². The molecular formula is C19H24N4O2. The first kappa shape index (κ1) is 18.3. The largest absolute Gasteiger partial charge is 0.457 e. The van der Waals surface area contributed by atoms with E-state index in [2.05, 4.69) is 15.6 Å². The fraction of sp³-hybridized carbons (Fsp3) is 0.263. The molecule has 132 valence electrons. The van der Waals surface area contributed by atoms with Crippen LogP contribution in [0.15, 0.2) is 59.6 Å². The standard InChI is InChI=1S/C19H24N4O2/c1-19(2,3)23-17(24)13-21-18(20)22-14-8-7-11-16(12-14)25-15-9-5-4-6-10-15/h4-12H,13H2,1-3H3,(H,23,24)(H3,20,21,22). The average Bonchev–Trinajstić information content (AvgIpc) is 2.53. The summed E-state index contributed by atoms with van der Waals surface area (Å²) in [4.78, 5) is 15.8. The molecule has 0 aromatic heterocycles. The van der Waals surface area contributed by atoms with Crippen molar-refractivity contribution in [1.82, 2.24) is 5.32 Å². The van der Waals surface area contributed by atoms with Crippen LogP contribution in [0.4, 0.5) is 5.69 Å². The van der Waals surface area contributed by atoms with Crippen LogP contribution in [-0.4, -0.2) is 24.0 Å². The lowest BCUT2D eigenvalue weighted by Gasteiger charge is -2.19. The van der Waals surface area contributed by atoms with Gasteiger partial charge in [0.25, 0.3) is 0 Å². The Morgan fingerprint density at radius 3 is 2.44 bits per heavy atom. The van der Waals surface area contributed by atoms with Gasteiger partial charge in [0.2, 0.25) is 5.91 Å². The maximum atomic E-state index is 11.8. The lowest BCUT2D eigenvalue weighted by atomic mass is 10.1. The summed E-state index contributed by atoms with van der Waals surface area (Å²) in [5.41, 5.74) is 6.27. The smallest absolute Gasteiger partial charge is 0.242 e. The SMILES string of the molecule is CC(C)(C)NC(=O)CN=C(N)Nc1cccc(Oc2ccccc2)c1. The number of anilines is 1. The molecule has 0 saturated carbocycles. The molecule has 6 heteroatoms. The van der Waals surface area contributed by atoms with E-state index in [0.29, 0.717) is 5.75 Å². The molecule has 4 N–H and O–H groups in total. The van der Waals surface area contributed by atoms with Gasteiger partial charge in [0.15, 0.2) is 5.96 Å². The fourth-order valence-corrected chi connectivity index (χ4v) is 2.06. The molecule has 1 amide bonds. The van der Waals surface area contributed by atoms with E-state index in [1.165, 1.54) is 0 Å². The van der Waals surface area contributed by atoms with Crippen molar-refractivity contribution < 1.29 is 9.53 Å². The minimum Gasteiger partial charge on any atom is -0.457 e. The third-order valence-corrected chi connectivity index (χ3v) is 2.99. The molecule has 0 unspecified atom stereocenters. The summed E-state index contributed by atoms with van der Waals surface area (Å²) in [6, 6.07) is 16.9. The number of nitrogens with one attached hydrogen (secondary N) is 2. The zero-order valence-corrected chi connectivity index (χ0v) is 14.7. The van der Waals surface area contributed by atoms with Gasteiger partial charge >= 0.3 is 0 Å². The number of nitrogens with two attached hydrogens (primary N) is 1. The number of carbonyl (C=O) groups excluding carboxylic acids is 1. The Kier molecular flexibility index (Phi) is 6.00. The van der Waals surface area contributed by atoms with Crippen LogP contribution >= 0.6 is 0 Å². The first-order chi connectivity index (χ1) is 11.8. The second kappa shape index (κ2) is 8.19. The fourth-order valence-electron chi connectivity index (χ4n) is 2.06. The van der Waals surface area contributed by atoms with Crippen molar-refractivity contribution in [3.63, 3.8) is 0 Å². The van der Waals surface area contributed by atoms with Gasteiger partial charge < -0.3 is 21.1 Å². The zero-order chi connectivity index (χ0) is 18.3. The van der Waals surface area contributed by atoms with Crippen LogP contribution in [0, 0.1) is 0 Å². The molecule has 0 bridgehead atoms. The monoisotopic (exact) mass is 340 g/mol. The normalized spacial score (nSPS) is 11.7. The van der Waals surface area contributed by atoms with Gasteiger partial charge in [-0.05, 0) is 45.0 Å². The quantitative estimate of drug-likeness (QED) is 0.576. The highest BCUT2D eigenvalue weighted by Crippen LogP contribution is 2.23. The van der Waals surface area contributed by atoms with Crippen LogP contribution in [0.1, 0.15) is 20.8 Å². The van der Waals surface area contributed by atoms with Crippen molar-refractivity contribution in [3.05, 3.63) is 54.6 Å². The molecule has 2 aromatic carbocycles. The number of rotatable bonds is 5. The molecule has 0 heterocycles. The highest BCUT2D eigenvalue weighted by molar-refractivity contribution is 5.94. The summed E-state index contributed by atoms with van der Waals surface area (Å²) in [5, 5.41) is 5.78. The maximum Gasteiger partial charge on any atom is 0.242 e. The maximum absolute atomic E-state index is 11.8. The van der Waals surface area contributed by atoms with E-state index < -0.39 is 0 Å². The Bertz CT molecular complexity index is 737. The Balaban J connectivity index is 1.94. The number of nitrogens with zero attached hydrogens (tertiary/aromatic N) is 1. The number of ether oxygens (including phenoxy) is 1. The Hall–Kier alpha value is -3.02. The highest BCUT2D eigenvalue weighted by Gasteiger charge is 2.12. The van der Waals surface area contributed by atoms with Gasteiger partial charge in [-0.15, -0.1) is 0 Å². The van der Waals surface area contributed by atoms with Crippen LogP contribution in [0.5, 0.6) is 11.5 Å². The van der Waals surface area contributed by atoms with Crippen molar-refractivity contribution in [2.24, 2.45) is 10.7 Å². The minimum atomic E-state index is -0.294. The molecule has 0 spiro atoms. The number of para-hydroxylation sites is 1. The van der Waals surface area contributed by atoms with Gasteiger partial charge in [0, 0.05) is 17.3 Å². The summed E-state index contributed by atoms with van der Waals surface area (Å²) >= 11 is 0. The number of aliphatic imine (C=N–C) groups is 1. The van der Waals surface area contributed by atoms with Crippen LogP contribution in [0.25, 0.3) is 0 Å². The van der Waals surface area contributed by atoms with Crippen molar-refractivity contribution in [2.75, 3.05) is 11.9 Å². The van der Waals surface area contributed by atoms with Crippen LogP contribution in [-0.2, 0) is 4.79 Å². The van der Waals surface area contributed by atoms with Gasteiger partial charge in [-0.25, -0.2) is 4.99 Å². The number of amides is 1. The van der Waals surface area contributed by atoms with Gasteiger partial charge in [-0.3, -0.25) is 4.79 Å². The summed E-state index contributed by atoms with van der Waals surface area (Å²) in [7, 11) is 0. The Morgan fingerprint density at radius 1 is 1.08 bits per heavy atom. The molecule has 2 aromatic rings. The van der Waals surface area contributed by atoms with Crippen molar-refractivity contribution >= 4 is 17.6 Å². The molecule has 0 atom stereocenters. The van der Waals surface area contributed by atoms with Crippen molar-refractivity contribution in [1.29, 1.82) is 0 Å². The predicted molar refractivity (Wildman–Crippen MR) is 101 cm³/mol. The van der Waals surface area contributed by atoms with E-state index in [-0.39, 0.29) is 24.0 Å². The molecule has 0 aliphatic carbocycles. The number of guanidine groups is 1. The molecule has 0 saturated heterocycles. The van der Waals surface area contributed by atoms with Crippen LogP contribution in [0.3, 0.4) is 0 Å². The molecule has 25 heavy (non-hydrogen) atoms. The minimum absolute atomic E-state index is 0.0314. The first-order valence-electron chi connectivity index (χ1n) is 8.03. The number of hydrogen-bond acceptors (Lipinski definition) is 3. The van der Waals surface area contributed by atoms with Crippen molar-refractivity contribution in [3.8, 4) is 11.5 Å². The summed E-state index contributed by atoms with van der Waals surface area (Å²) in [5.74, 6) is 1.41. The molecule has 0 fully saturated rings. The molecule has 6 nitrogen and oxygen atoms in total. The third-order valence-electron chi connectivity index (χ3n) is 2.99. The van der Waals surface area contributed by atoms with E-state index >= 15 is 0 Å². The lowest BCUT2D eigenvalue weighted by molar-refractivity contribution is -0.121. The summed E-state index contributed by atoms with van der Waals surface area (Å²) in [6.45, 7) is 5.70. The van der Waals surface area contributed by atoms with E-state index in [4.69, 9.17) is 10.5 Å². The second-order valence-electron chi connectivity index (χ2n) is 6.57. The molecular weight excluding hydrogens is 316 g/mol. The average molecular weight is 340 g/mol. The number of benzene rings is 2. The second-order valence-corrected chi connectivity index (χ2v) is 6.57. The lowest BCUT2D eigenvalue weighted by Crippen LogP contribution is -2.42. The van der Waals surface area contributed by atoms with E-state index in [1.54, 1.807) is 0 Å². The number of hydrogen-bond donors (Lipinski definition) is 3. The highest BCUT2D eigenvalue weighted by atomic mass is 16.5. The van der Waals surface area contributed by atoms with Crippen LogP contribution < -0.4 is 21.1 Å². The molecule has 2 rings (SSSR count). The molecule has 0 radical (unpaired) electrons. The zero-order valence-electron chi connectivity index (χ0n) is 14.7. The van der Waals surface area contributed by atoms with E-state index in [1.807, 2.05) is 75.4 Å². The summed E-state index contributed by atoms with van der Waals surface area (Å²) < 4.78 is 5.77. The number of carbonyl (C=O) groups is 1.